The number of carbonyl (C=O) groups excluding carboxylic acids is 2. The lowest BCUT2D eigenvalue weighted by Crippen LogP contribution is -2.53. The summed E-state index contributed by atoms with van der Waals surface area (Å²) in [5.41, 5.74) is 11.8. The van der Waals surface area contributed by atoms with Crippen molar-refractivity contribution in [3.8, 4) is 0 Å². The number of nitrogens with one attached hydrogen (secondary N) is 1. The monoisotopic (exact) mass is 375 g/mol. The molecular weight excluding hydrogens is 350 g/mol. The van der Waals surface area contributed by atoms with Gasteiger partial charge in [0.05, 0.1) is 17.8 Å². The van der Waals surface area contributed by atoms with E-state index in [1.807, 2.05) is 18.2 Å². The first-order valence-electron chi connectivity index (χ1n) is 10.2. The zero-order chi connectivity index (χ0) is 19.3. The number of nitrogens with two attached hydrogens (primary N) is 1. The van der Waals surface area contributed by atoms with Crippen molar-refractivity contribution in [2.45, 2.75) is 56.7 Å². The molecule has 28 heavy (non-hydrogen) atoms. The second-order valence-electron chi connectivity index (χ2n) is 8.15. The summed E-state index contributed by atoms with van der Waals surface area (Å²) in [6.45, 7) is 0. The summed E-state index contributed by atoms with van der Waals surface area (Å²) in [6, 6.07) is 13.4. The molecule has 3 aliphatic rings. The van der Waals surface area contributed by atoms with E-state index in [4.69, 9.17) is 5.73 Å². The molecule has 0 saturated carbocycles. The number of benzene rings is 2. The summed E-state index contributed by atoms with van der Waals surface area (Å²) in [6.07, 6.45) is 5.00. The maximum absolute atomic E-state index is 13.3. The summed E-state index contributed by atoms with van der Waals surface area (Å²) in [5, 5.41) is 3.24. The van der Waals surface area contributed by atoms with Crippen LogP contribution in [-0.4, -0.2) is 23.9 Å². The Balaban J connectivity index is 1.45. The summed E-state index contributed by atoms with van der Waals surface area (Å²) < 4.78 is 0. The predicted molar refractivity (Wildman–Crippen MR) is 108 cm³/mol. The highest BCUT2D eigenvalue weighted by Gasteiger charge is 2.43. The fraction of sp³-hybridized carbons (Fsp3) is 0.391. The fourth-order valence-corrected chi connectivity index (χ4v) is 5.03. The molecule has 2 amide bonds. The average Bonchev–Trinajstić information content (AvgIpc) is 3.06. The highest BCUT2D eigenvalue weighted by molar-refractivity contribution is 6.06. The van der Waals surface area contributed by atoms with Gasteiger partial charge in [0.15, 0.2) is 0 Å². The van der Waals surface area contributed by atoms with Crippen LogP contribution in [0.1, 0.15) is 47.6 Å². The molecule has 1 aliphatic carbocycles. The van der Waals surface area contributed by atoms with Crippen LogP contribution in [0.15, 0.2) is 42.5 Å². The molecule has 3 N–H and O–H groups in total. The Morgan fingerprint density at radius 2 is 1.79 bits per heavy atom. The zero-order valence-corrected chi connectivity index (χ0v) is 15.9. The third-order valence-corrected chi connectivity index (χ3v) is 6.44. The van der Waals surface area contributed by atoms with E-state index in [9.17, 15) is 9.59 Å². The molecule has 0 saturated heterocycles. The molecule has 2 aromatic carbocycles. The van der Waals surface area contributed by atoms with Gasteiger partial charge < -0.3 is 11.1 Å². The molecule has 0 bridgehead atoms. The Morgan fingerprint density at radius 1 is 1.00 bits per heavy atom. The molecule has 5 heteroatoms. The summed E-state index contributed by atoms with van der Waals surface area (Å²) >= 11 is 0. The normalized spacial score (nSPS) is 25.7. The van der Waals surface area contributed by atoms with E-state index < -0.39 is 12.1 Å². The van der Waals surface area contributed by atoms with Crippen LogP contribution in [0.5, 0.6) is 0 Å². The van der Waals surface area contributed by atoms with Crippen LogP contribution in [0.2, 0.25) is 0 Å². The van der Waals surface area contributed by atoms with Crippen LogP contribution in [-0.2, 0) is 28.9 Å². The minimum atomic E-state index is -0.552. The minimum Gasteiger partial charge on any atom is -0.347 e. The van der Waals surface area contributed by atoms with Crippen molar-refractivity contribution in [1.29, 1.82) is 0 Å². The molecule has 0 fully saturated rings. The van der Waals surface area contributed by atoms with Gasteiger partial charge >= 0.3 is 0 Å². The second-order valence-corrected chi connectivity index (χ2v) is 8.15. The minimum absolute atomic E-state index is 0.0105. The third kappa shape index (κ3) is 2.73. The van der Waals surface area contributed by atoms with Crippen LogP contribution in [0.4, 0.5) is 5.69 Å². The number of amides is 2. The van der Waals surface area contributed by atoms with Crippen molar-refractivity contribution >= 4 is 17.5 Å². The Morgan fingerprint density at radius 3 is 2.68 bits per heavy atom. The molecule has 5 rings (SSSR count). The smallest absolute Gasteiger partial charge is 0.244 e. The van der Waals surface area contributed by atoms with Gasteiger partial charge in [0.1, 0.15) is 6.04 Å². The first-order valence-corrected chi connectivity index (χ1v) is 10.2. The lowest BCUT2D eigenvalue weighted by Gasteiger charge is -2.30. The van der Waals surface area contributed by atoms with E-state index in [0.717, 1.165) is 42.5 Å². The molecule has 0 radical (unpaired) electrons. The predicted octanol–water partition coefficient (Wildman–Crippen LogP) is 2.41. The van der Waals surface area contributed by atoms with Crippen LogP contribution in [0.25, 0.3) is 0 Å². The molecule has 5 nitrogen and oxygen atoms in total. The molecule has 3 atom stereocenters. The maximum Gasteiger partial charge on any atom is 0.244 e. The Bertz CT molecular complexity index is 955. The summed E-state index contributed by atoms with van der Waals surface area (Å²) in [4.78, 5) is 28.0. The second kappa shape index (κ2) is 6.74. The van der Waals surface area contributed by atoms with Gasteiger partial charge in [-0.3, -0.25) is 14.5 Å². The summed E-state index contributed by atoms with van der Waals surface area (Å²) in [5.74, 6) is -0.209. The van der Waals surface area contributed by atoms with Crippen molar-refractivity contribution in [3.63, 3.8) is 0 Å². The fourth-order valence-electron chi connectivity index (χ4n) is 5.03. The van der Waals surface area contributed by atoms with Crippen molar-refractivity contribution in [2.75, 3.05) is 4.90 Å². The number of rotatable bonds is 2. The molecule has 144 valence electrons. The number of fused-ring (bicyclic) bond motifs is 1. The number of aryl methyl sites for hydroxylation is 2. The number of para-hydroxylation sites is 1. The number of anilines is 1. The van der Waals surface area contributed by atoms with Crippen LogP contribution >= 0.6 is 0 Å². The van der Waals surface area contributed by atoms with Gasteiger partial charge in [0.25, 0.3) is 0 Å². The van der Waals surface area contributed by atoms with Crippen molar-refractivity contribution < 1.29 is 9.59 Å². The summed E-state index contributed by atoms with van der Waals surface area (Å²) in [7, 11) is 0. The molecule has 0 spiro atoms. The Labute approximate surface area is 164 Å². The van der Waals surface area contributed by atoms with E-state index >= 15 is 0 Å². The number of hydrogen-bond donors (Lipinski definition) is 2. The lowest BCUT2D eigenvalue weighted by molar-refractivity contribution is -0.127. The van der Waals surface area contributed by atoms with Crippen LogP contribution in [0, 0.1) is 0 Å². The zero-order valence-electron chi connectivity index (χ0n) is 15.9. The van der Waals surface area contributed by atoms with Gasteiger partial charge in [-0.1, -0.05) is 42.5 Å². The van der Waals surface area contributed by atoms with Gasteiger partial charge in [-0.15, -0.1) is 0 Å². The van der Waals surface area contributed by atoms with Gasteiger partial charge in [-0.25, -0.2) is 0 Å². The van der Waals surface area contributed by atoms with E-state index in [1.165, 1.54) is 11.1 Å². The molecule has 0 aromatic heterocycles. The third-order valence-electron chi connectivity index (χ3n) is 6.44. The topological polar surface area (TPSA) is 75.4 Å². The highest BCUT2D eigenvalue weighted by Crippen LogP contribution is 2.39. The SMILES string of the molecule is NC1CCc2cccc3c2N(C1=O)C(C(=O)NC1CCCc2ccccc21)C3. The number of hydrogen-bond acceptors (Lipinski definition) is 3. The van der Waals surface area contributed by atoms with Gasteiger partial charge in [-0.05, 0) is 54.4 Å². The van der Waals surface area contributed by atoms with Crippen molar-refractivity contribution in [2.24, 2.45) is 5.73 Å². The van der Waals surface area contributed by atoms with Crippen LogP contribution in [0.3, 0.4) is 0 Å². The molecule has 3 unspecified atom stereocenters. The first-order chi connectivity index (χ1) is 13.6. The first kappa shape index (κ1) is 17.4. The molecule has 2 aliphatic heterocycles. The average molecular weight is 375 g/mol. The largest absolute Gasteiger partial charge is 0.347 e. The molecular formula is C23H25N3O2. The molecule has 2 aromatic rings. The van der Waals surface area contributed by atoms with Crippen LogP contribution < -0.4 is 16.0 Å². The van der Waals surface area contributed by atoms with E-state index in [1.54, 1.807) is 4.90 Å². The maximum atomic E-state index is 13.3. The lowest BCUT2D eigenvalue weighted by atomic mass is 9.87. The van der Waals surface area contributed by atoms with Crippen molar-refractivity contribution in [1.82, 2.24) is 5.32 Å². The standard InChI is InChI=1S/C23H25N3O2/c24-18-12-11-15-7-3-8-16-13-20(26(21(15)16)23(18)28)22(27)25-19-10-4-6-14-5-1-2-9-17(14)19/h1-3,5,7-9,18-20H,4,6,10-13,24H2,(H,25,27). The Kier molecular flexibility index (Phi) is 4.20. The number of carbonyl (C=O) groups is 2. The van der Waals surface area contributed by atoms with E-state index in [0.29, 0.717) is 12.8 Å². The number of nitrogens with zero attached hydrogens (tertiary/aromatic N) is 1. The quantitative estimate of drug-likeness (QED) is 0.846. The Hall–Kier alpha value is -2.66. The molecule has 2 heterocycles. The van der Waals surface area contributed by atoms with Gasteiger partial charge in [-0.2, -0.15) is 0 Å². The van der Waals surface area contributed by atoms with Gasteiger partial charge in [0, 0.05) is 6.42 Å². The highest BCUT2D eigenvalue weighted by atomic mass is 16.2. The van der Waals surface area contributed by atoms with Crippen molar-refractivity contribution in [3.05, 3.63) is 64.7 Å². The van der Waals surface area contributed by atoms with E-state index in [2.05, 4.69) is 29.6 Å². The van der Waals surface area contributed by atoms with E-state index in [-0.39, 0.29) is 17.9 Å². The van der Waals surface area contributed by atoms with Gasteiger partial charge in [0.2, 0.25) is 11.8 Å².